The average molecular weight is 1060 g/mol. The molecule has 0 aliphatic carbocycles. The number of fused-ring (bicyclic) bond motifs is 2. The fraction of sp³-hybridized carbons (Fsp3) is 0.397. The molecule has 0 saturated carbocycles. The van der Waals surface area contributed by atoms with E-state index >= 15 is 0 Å². The second-order valence-electron chi connectivity index (χ2n) is 20.5. The van der Waals surface area contributed by atoms with E-state index in [1.807, 2.05) is 119 Å². The Morgan fingerprint density at radius 3 is 1.47 bits per heavy atom. The summed E-state index contributed by atoms with van der Waals surface area (Å²) < 4.78 is 89.1. The molecular weight excluding hydrogens is 987 g/mol. The van der Waals surface area contributed by atoms with Gasteiger partial charge in [-0.2, -0.15) is 26.3 Å². The highest BCUT2D eigenvalue weighted by atomic mass is 19.4. The van der Waals surface area contributed by atoms with E-state index in [1.165, 1.54) is 12.1 Å². The van der Waals surface area contributed by atoms with Crippen molar-refractivity contribution in [3.05, 3.63) is 188 Å². The van der Waals surface area contributed by atoms with Crippen molar-refractivity contribution in [2.75, 3.05) is 39.3 Å². The number of rotatable bonds is 19. The fourth-order valence-corrected chi connectivity index (χ4v) is 8.81. The largest absolute Gasteiger partial charge is 0.444 e. The quantitative estimate of drug-likeness (QED) is 0.0531. The van der Waals surface area contributed by atoms with Crippen LogP contribution in [0, 0.1) is 11.8 Å². The predicted molar refractivity (Wildman–Crippen MR) is 286 cm³/mol. The molecule has 12 nitrogen and oxygen atoms in total. The number of nitrogens with two attached hydrogens (primary N) is 1. The van der Waals surface area contributed by atoms with Crippen molar-refractivity contribution in [2.45, 2.75) is 97.9 Å². The summed E-state index contributed by atoms with van der Waals surface area (Å²) >= 11 is 0. The minimum absolute atomic E-state index is 0.0125. The maximum Gasteiger partial charge on any atom is 0.416 e. The first-order chi connectivity index (χ1) is 35.9. The highest BCUT2D eigenvalue weighted by molar-refractivity contribution is 5.79. The van der Waals surface area contributed by atoms with E-state index in [2.05, 4.69) is 20.5 Å². The van der Waals surface area contributed by atoms with Crippen molar-refractivity contribution in [3.8, 4) is 0 Å². The number of aromatic nitrogens is 4. The number of hydrogen-bond donors (Lipinski definition) is 3. The molecule has 2 atom stereocenters. The lowest BCUT2D eigenvalue weighted by Gasteiger charge is -2.31. The van der Waals surface area contributed by atoms with E-state index in [0.29, 0.717) is 57.5 Å². The molecule has 18 heteroatoms. The SMILES string of the molecule is CC(C)C(CN(CCN)Cc1ccccc1)c1nc2cc(C(F)(F)F)ccc2c(=O)n1Cc1ccccc1.CC(C)C(CNCCNC(=O)OC(C)(C)C)c1nc2cc(C(F)(F)F)ccc2c(=O)n1Cc1ccccc1. The van der Waals surface area contributed by atoms with Gasteiger partial charge in [0.05, 0.1) is 46.0 Å². The molecule has 5 aromatic carbocycles. The number of carbonyl (C=O) groups excluding carboxylic acids is 1. The van der Waals surface area contributed by atoms with E-state index in [4.69, 9.17) is 15.5 Å². The van der Waals surface area contributed by atoms with Gasteiger partial charge in [0, 0.05) is 57.6 Å². The van der Waals surface area contributed by atoms with E-state index in [-0.39, 0.29) is 69.7 Å². The van der Waals surface area contributed by atoms with E-state index in [0.717, 1.165) is 41.0 Å². The molecule has 2 aromatic heterocycles. The second-order valence-corrected chi connectivity index (χ2v) is 20.5. The van der Waals surface area contributed by atoms with Crippen molar-refractivity contribution in [1.29, 1.82) is 0 Å². The van der Waals surface area contributed by atoms with Crippen LogP contribution in [0.25, 0.3) is 21.8 Å². The summed E-state index contributed by atoms with van der Waals surface area (Å²) in [6.07, 6.45) is -9.59. The Balaban J connectivity index is 0.000000247. The highest BCUT2D eigenvalue weighted by Crippen LogP contribution is 2.34. The van der Waals surface area contributed by atoms with Crippen LogP contribution in [0.1, 0.15) is 99.8 Å². The number of nitrogens with zero attached hydrogens (tertiary/aromatic N) is 5. The van der Waals surface area contributed by atoms with Crippen LogP contribution in [-0.2, 0) is 36.7 Å². The molecule has 2 unspecified atom stereocenters. The number of carbonyl (C=O) groups is 1. The summed E-state index contributed by atoms with van der Waals surface area (Å²) in [6, 6.07) is 35.1. The summed E-state index contributed by atoms with van der Waals surface area (Å²) in [7, 11) is 0. The van der Waals surface area contributed by atoms with Gasteiger partial charge in [0.25, 0.3) is 11.1 Å². The van der Waals surface area contributed by atoms with Crippen molar-refractivity contribution >= 4 is 27.9 Å². The molecule has 0 aliphatic rings. The van der Waals surface area contributed by atoms with Gasteiger partial charge in [-0.15, -0.1) is 0 Å². The number of ether oxygens (including phenoxy) is 1. The Labute approximate surface area is 439 Å². The van der Waals surface area contributed by atoms with Crippen molar-refractivity contribution in [3.63, 3.8) is 0 Å². The first kappa shape index (κ1) is 58.4. The monoisotopic (exact) mass is 1050 g/mol. The van der Waals surface area contributed by atoms with Gasteiger partial charge in [0.1, 0.15) is 17.2 Å². The third-order valence-corrected chi connectivity index (χ3v) is 12.7. The fourth-order valence-electron chi connectivity index (χ4n) is 8.81. The van der Waals surface area contributed by atoms with Crippen LogP contribution in [0.2, 0.25) is 0 Å². The van der Waals surface area contributed by atoms with Gasteiger partial charge in [-0.05, 0) is 85.7 Å². The molecule has 0 aliphatic heterocycles. The number of benzene rings is 5. The van der Waals surface area contributed by atoms with Crippen molar-refractivity contribution in [1.82, 2.24) is 34.6 Å². The average Bonchev–Trinajstić information content (AvgIpc) is 3.35. The molecule has 0 fully saturated rings. The van der Waals surface area contributed by atoms with Gasteiger partial charge in [0.15, 0.2) is 0 Å². The van der Waals surface area contributed by atoms with Gasteiger partial charge in [-0.1, -0.05) is 119 Å². The Morgan fingerprint density at radius 1 is 0.632 bits per heavy atom. The van der Waals surface area contributed by atoms with Gasteiger partial charge in [-0.25, -0.2) is 14.8 Å². The second kappa shape index (κ2) is 25.8. The van der Waals surface area contributed by atoms with Crippen LogP contribution in [-0.4, -0.2) is 75.0 Å². The Morgan fingerprint density at radius 2 is 1.07 bits per heavy atom. The summed E-state index contributed by atoms with van der Waals surface area (Å²) in [6.45, 7) is 17.3. The molecule has 0 radical (unpaired) electrons. The number of alkyl carbamates (subject to hydrolysis) is 1. The molecule has 7 aromatic rings. The van der Waals surface area contributed by atoms with E-state index in [9.17, 15) is 40.7 Å². The lowest BCUT2D eigenvalue weighted by Crippen LogP contribution is -2.38. The minimum Gasteiger partial charge on any atom is -0.444 e. The third kappa shape index (κ3) is 16.1. The van der Waals surface area contributed by atoms with Crippen molar-refractivity contribution < 1.29 is 35.9 Å². The smallest absolute Gasteiger partial charge is 0.416 e. The summed E-state index contributed by atoms with van der Waals surface area (Å²) in [5.41, 5.74) is 5.93. The number of halogens is 6. The number of hydrogen-bond acceptors (Lipinski definition) is 9. The van der Waals surface area contributed by atoms with Crippen LogP contribution in [0.4, 0.5) is 31.1 Å². The van der Waals surface area contributed by atoms with Crippen LogP contribution in [0.3, 0.4) is 0 Å². The molecular formula is C58H68F6N8O4. The van der Waals surface area contributed by atoms with Gasteiger partial charge >= 0.3 is 18.4 Å². The molecule has 2 heterocycles. The van der Waals surface area contributed by atoms with Crippen LogP contribution < -0.4 is 27.5 Å². The summed E-state index contributed by atoms with van der Waals surface area (Å²) in [4.78, 5) is 50.8. The predicted octanol–water partition coefficient (Wildman–Crippen LogP) is 11.0. The molecule has 0 saturated heterocycles. The Hall–Kier alpha value is -6.89. The number of nitrogens with one attached hydrogen (secondary N) is 2. The van der Waals surface area contributed by atoms with E-state index in [1.54, 1.807) is 29.9 Å². The first-order valence-corrected chi connectivity index (χ1v) is 25.4. The molecule has 7 rings (SSSR count). The molecule has 0 spiro atoms. The highest BCUT2D eigenvalue weighted by Gasteiger charge is 2.33. The molecule has 0 bridgehead atoms. The minimum atomic E-state index is -4.55. The van der Waals surface area contributed by atoms with Crippen LogP contribution in [0.5, 0.6) is 0 Å². The Kier molecular flexibility index (Phi) is 19.8. The maximum absolute atomic E-state index is 13.8. The van der Waals surface area contributed by atoms with Gasteiger partial charge in [0.2, 0.25) is 0 Å². The number of alkyl halides is 6. The van der Waals surface area contributed by atoms with Crippen molar-refractivity contribution in [2.24, 2.45) is 17.6 Å². The lowest BCUT2D eigenvalue weighted by molar-refractivity contribution is -0.138. The first-order valence-electron chi connectivity index (χ1n) is 25.4. The zero-order chi connectivity index (χ0) is 55.4. The third-order valence-electron chi connectivity index (χ3n) is 12.7. The maximum atomic E-state index is 13.8. The molecule has 1 amide bonds. The van der Waals surface area contributed by atoms with E-state index < -0.39 is 35.2 Å². The van der Waals surface area contributed by atoms with Crippen LogP contribution >= 0.6 is 0 Å². The van der Waals surface area contributed by atoms with Crippen LogP contribution in [0.15, 0.2) is 137 Å². The number of amides is 1. The normalized spacial score (nSPS) is 13.0. The molecule has 76 heavy (non-hydrogen) atoms. The summed E-state index contributed by atoms with van der Waals surface area (Å²) in [5, 5.41) is 6.25. The molecule has 406 valence electrons. The zero-order valence-corrected chi connectivity index (χ0v) is 44.0. The lowest BCUT2D eigenvalue weighted by atomic mass is 9.93. The molecule has 4 N–H and O–H groups in total. The summed E-state index contributed by atoms with van der Waals surface area (Å²) in [5.74, 6) is 0.457. The topological polar surface area (TPSA) is 149 Å². The Bertz CT molecular complexity index is 3120. The van der Waals surface area contributed by atoms with Gasteiger partial charge in [-0.3, -0.25) is 23.6 Å². The standard InChI is InChI=1S/C30H33F3N4O.C28H35F3N4O3/c1-21(2)26(20-36(16-15-34)18-22-9-5-3-6-10-22)28-35-27-17-24(30(31,32)33)13-14-25(27)29(38)37(28)19-23-11-7-4-8-12-23;1-18(2)22(16-32-13-14-33-26(37)38-27(3,4)5)24-34-23-15-20(28(29,30)31)11-12-21(23)25(36)35(24)17-19-9-7-6-8-10-19/h3-14,17,21,26H,15-16,18-20,34H2,1-2H3;6-12,15,18,22,32H,13-14,16-17H2,1-5H3,(H,33,37). The van der Waals surface area contributed by atoms with Gasteiger partial charge < -0.3 is 21.1 Å². The zero-order valence-electron chi connectivity index (χ0n) is 44.0.